The molecule has 0 radical (unpaired) electrons. The molecule has 0 heterocycles. The first-order valence-electron chi connectivity index (χ1n) is 6.58. The van der Waals surface area contributed by atoms with Gasteiger partial charge in [0, 0.05) is 25.7 Å². The Hall–Kier alpha value is -0.120. The Kier molecular flexibility index (Phi) is 9.99. The summed E-state index contributed by atoms with van der Waals surface area (Å²) in [5, 5.41) is 3.45. The van der Waals surface area contributed by atoms with Crippen LogP contribution in [0.3, 0.4) is 0 Å². The second kappa shape index (κ2) is 10.1. The third-order valence-electron chi connectivity index (χ3n) is 2.95. The SMILES string of the molecule is CCNC(C)CCCN(CCOC)C(C)C. The molecule has 0 bridgehead atoms. The molecule has 0 aromatic rings. The maximum atomic E-state index is 5.13. The van der Waals surface area contributed by atoms with Gasteiger partial charge in [-0.15, -0.1) is 0 Å². The first-order chi connectivity index (χ1) is 7.61. The summed E-state index contributed by atoms with van der Waals surface area (Å²) in [6, 6.07) is 1.26. The van der Waals surface area contributed by atoms with Gasteiger partial charge < -0.3 is 10.1 Å². The van der Waals surface area contributed by atoms with Gasteiger partial charge in [0.1, 0.15) is 0 Å². The van der Waals surface area contributed by atoms with E-state index in [4.69, 9.17) is 4.74 Å². The molecule has 0 fully saturated rings. The second-order valence-electron chi connectivity index (χ2n) is 4.72. The van der Waals surface area contributed by atoms with Crippen LogP contribution in [0.1, 0.15) is 40.5 Å². The molecular formula is C13H30N2O. The highest BCUT2D eigenvalue weighted by molar-refractivity contribution is 4.65. The van der Waals surface area contributed by atoms with E-state index in [1.54, 1.807) is 7.11 Å². The van der Waals surface area contributed by atoms with Crippen LogP contribution in [0.25, 0.3) is 0 Å². The molecule has 1 atom stereocenters. The number of methoxy groups -OCH3 is 1. The van der Waals surface area contributed by atoms with Crippen molar-refractivity contribution in [2.24, 2.45) is 0 Å². The van der Waals surface area contributed by atoms with Crippen molar-refractivity contribution in [2.45, 2.75) is 52.6 Å². The highest BCUT2D eigenvalue weighted by Crippen LogP contribution is 2.03. The van der Waals surface area contributed by atoms with E-state index in [2.05, 4.69) is 37.9 Å². The Morgan fingerprint density at radius 2 is 1.88 bits per heavy atom. The minimum Gasteiger partial charge on any atom is -0.383 e. The van der Waals surface area contributed by atoms with Gasteiger partial charge in [-0.3, -0.25) is 4.90 Å². The van der Waals surface area contributed by atoms with Gasteiger partial charge in [0.2, 0.25) is 0 Å². The van der Waals surface area contributed by atoms with Crippen LogP contribution in [0.2, 0.25) is 0 Å². The van der Waals surface area contributed by atoms with E-state index in [9.17, 15) is 0 Å². The molecule has 0 aromatic carbocycles. The number of hydrogen-bond donors (Lipinski definition) is 1. The average molecular weight is 230 g/mol. The summed E-state index contributed by atoms with van der Waals surface area (Å²) < 4.78 is 5.13. The summed E-state index contributed by atoms with van der Waals surface area (Å²) in [6.45, 7) is 13.1. The Morgan fingerprint density at radius 1 is 1.19 bits per heavy atom. The zero-order valence-electron chi connectivity index (χ0n) is 11.8. The van der Waals surface area contributed by atoms with Gasteiger partial charge in [-0.1, -0.05) is 6.92 Å². The smallest absolute Gasteiger partial charge is 0.0589 e. The minimum absolute atomic E-state index is 0.615. The Bertz CT molecular complexity index is 151. The topological polar surface area (TPSA) is 24.5 Å². The van der Waals surface area contributed by atoms with Crippen molar-refractivity contribution in [1.82, 2.24) is 10.2 Å². The van der Waals surface area contributed by atoms with E-state index in [-0.39, 0.29) is 0 Å². The molecule has 0 saturated carbocycles. The maximum Gasteiger partial charge on any atom is 0.0589 e. The standard InChI is InChI=1S/C13H30N2O/c1-6-14-13(4)8-7-9-15(12(2)3)10-11-16-5/h12-14H,6-11H2,1-5H3. The van der Waals surface area contributed by atoms with E-state index in [1.807, 2.05) is 0 Å². The largest absolute Gasteiger partial charge is 0.383 e. The van der Waals surface area contributed by atoms with E-state index in [1.165, 1.54) is 19.4 Å². The quantitative estimate of drug-likeness (QED) is 0.622. The van der Waals surface area contributed by atoms with Crippen molar-refractivity contribution in [1.29, 1.82) is 0 Å². The summed E-state index contributed by atoms with van der Waals surface area (Å²) in [5.41, 5.74) is 0. The fourth-order valence-corrected chi connectivity index (χ4v) is 1.89. The minimum atomic E-state index is 0.615. The monoisotopic (exact) mass is 230 g/mol. The first-order valence-corrected chi connectivity index (χ1v) is 6.58. The third kappa shape index (κ3) is 8.08. The zero-order chi connectivity index (χ0) is 12.4. The van der Waals surface area contributed by atoms with Gasteiger partial charge in [-0.05, 0) is 46.7 Å². The van der Waals surface area contributed by atoms with Crippen molar-refractivity contribution in [2.75, 3.05) is 33.4 Å². The summed E-state index contributed by atoms with van der Waals surface area (Å²) in [5.74, 6) is 0. The summed E-state index contributed by atoms with van der Waals surface area (Å²) in [7, 11) is 1.77. The van der Waals surface area contributed by atoms with Gasteiger partial charge in [0.05, 0.1) is 6.61 Å². The van der Waals surface area contributed by atoms with Crippen LogP contribution >= 0.6 is 0 Å². The Balaban J connectivity index is 3.67. The fraction of sp³-hybridized carbons (Fsp3) is 1.00. The molecule has 1 N–H and O–H groups in total. The second-order valence-corrected chi connectivity index (χ2v) is 4.72. The highest BCUT2D eigenvalue weighted by atomic mass is 16.5. The summed E-state index contributed by atoms with van der Waals surface area (Å²) in [4.78, 5) is 2.49. The predicted octanol–water partition coefficient (Wildman–Crippen LogP) is 2.12. The van der Waals surface area contributed by atoms with Crippen LogP contribution in [-0.2, 0) is 4.74 Å². The molecule has 1 unspecified atom stereocenters. The lowest BCUT2D eigenvalue weighted by Crippen LogP contribution is -2.35. The molecule has 3 nitrogen and oxygen atoms in total. The molecule has 16 heavy (non-hydrogen) atoms. The number of ether oxygens (including phenoxy) is 1. The molecule has 0 saturated heterocycles. The van der Waals surface area contributed by atoms with E-state index in [0.29, 0.717) is 12.1 Å². The Morgan fingerprint density at radius 3 is 2.38 bits per heavy atom. The van der Waals surface area contributed by atoms with Gasteiger partial charge in [-0.25, -0.2) is 0 Å². The lowest BCUT2D eigenvalue weighted by atomic mass is 10.1. The summed E-state index contributed by atoms with van der Waals surface area (Å²) in [6.07, 6.45) is 2.51. The van der Waals surface area contributed by atoms with Crippen molar-refractivity contribution in [3.05, 3.63) is 0 Å². The summed E-state index contributed by atoms with van der Waals surface area (Å²) >= 11 is 0. The average Bonchev–Trinajstić information content (AvgIpc) is 2.23. The van der Waals surface area contributed by atoms with Gasteiger partial charge in [0.15, 0.2) is 0 Å². The van der Waals surface area contributed by atoms with E-state index >= 15 is 0 Å². The van der Waals surface area contributed by atoms with Crippen LogP contribution < -0.4 is 5.32 Å². The highest BCUT2D eigenvalue weighted by Gasteiger charge is 2.09. The third-order valence-corrected chi connectivity index (χ3v) is 2.95. The van der Waals surface area contributed by atoms with Gasteiger partial charge in [-0.2, -0.15) is 0 Å². The molecule has 0 amide bonds. The molecule has 0 spiro atoms. The molecule has 0 aromatic heterocycles. The van der Waals surface area contributed by atoms with E-state index in [0.717, 1.165) is 19.7 Å². The lowest BCUT2D eigenvalue weighted by Gasteiger charge is -2.26. The molecule has 0 rings (SSSR count). The normalized spacial score (nSPS) is 13.7. The maximum absolute atomic E-state index is 5.13. The van der Waals surface area contributed by atoms with Crippen LogP contribution in [0.4, 0.5) is 0 Å². The number of nitrogens with zero attached hydrogens (tertiary/aromatic N) is 1. The molecule has 0 aliphatic heterocycles. The molecule has 0 aliphatic carbocycles. The van der Waals surface area contributed by atoms with Crippen LogP contribution in [0.15, 0.2) is 0 Å². The molecule has 3 heteroatoms. The molecule has 0 aliphatic rings. The number of hydrogen-bond acceptors (Lipinski definition) is 3. The van der Waals surface area contributed by atoms with Gasteiger partial charge in [0.25, 0.3) is 0 Å². The number of rotatable bonds is 10. The zero-order valence-corrected chi connectivity index (χ0v) is 11.8. The van der Waals surface area contributed by atoms with Crippen molar-refractivity contribution < 1.29 is 4.74 Å². The van der Waals surface area contributed by atoms with Gasteiger partial charge >= 0.3 is 0 Å². The number of nitrogens with one attached hydrogen (secondary N) is 1. The first kappa shape index (κ1) is 15.9. The van der Waals surface area contributed by atoms with Crippen LogP contribution in [-0.4, -0.2) is 50.3 Å². The van der Waals surface area contributed by atoms with Crippen LogP contribution in [0.5, 0.6) is 0 Å². The fourth-order valence-electron chi connectivity index (χ4n) is 1.89. The van der Waals surface area contributed by atoms with Crippen LogP contribution in [0, 0.1) is 0 Å². The van der Waals surface area contributed by atoms with E-state index < -0.39 is 0 Å². The van der Waals surface area contributed by atoms with Crippen molar-refractivity contribution in [3.8, 4) is 0 Å². The molecule has 98 valence electrons. The van der Waals surface area contributed by atoms with Crippen molar-refractivity contribution in [3.63, 3.8) is 0 Å². The Labute approximate surface area is 102 Å². The predicted molar refractivity (Wildman–Crippen MR) is 71.0 cm³/mol. The lowest BCUT2D eigenvalue weighted by molar-refractivity contribution is 0.127. The molecular weight excluding hydrogens is 200 g/mol. The van der Waals surface area contributed by atoms with Crippen molar-refractivity contribution >= 4 is 0 Å².